The predicted octanol–water partition coefficient (Wildman–Crippen LogP) is 6.16. The molecule has 33 heavy (non-hydrogen) atoms. The second-order valence-electron chi connectivity index (χ2n) is 8.32. The van der Waals surface area contributed by atoms with Gasteiger partial charge in [-0.1, -0.05) is 56.3 Å². The summed E-state index contributed by atoms with van der Waals surface area (Å²) < 4.78 is 2.18. The number of carbonyl (C=O) groups excluding carboxylic acids is 1. The van der Waals surface area contributed by atoms with Gasteiger partial charge in [-0.3, -0.25) is 9.59 Å². The number of benzene rings is 2. The molecular formula is C26H32ClN3O3. The molecule has 7 heteroatoms. The van der Waals surface area contributed by atoms with E-state index in [0.29, 0.717) is 10.6 Å². The first kappa shape index (κ1) is 24.6. The van der Waals surface area contributed by atoms with Gasteiger partial charge in [-0.2, -0.15) is 0 Å². The van der Waals surface area contributed by atoms with Crippen LogP contribution in [0.25, 0.3) is 10.9 Å². The number of rotatable bonds is 12. The van der Waals surface area contributed by atoms with Crippen molar-refractivity contribution in [3.05, 3.63) is 64.8 Å². The van der Waals surface area contributed by atoms with Crippen molar-refractivity contribution in [3.63, 3.8) is 0 Å². The molecule has 3 rings (SSSR count). The normalized spacial score (nSPS) is 12.0. The van der Waals surface area contributed by atoms with E-state index in [1.165, 1.54) is 12.8 Å². The zero-order valence-corrected chi connectivity index (χ0v) is 20.0. The molecule has 0 aliphatic carbocycles. The minimum atomic E-state index is -0.940. The number of hydrogen-bond donors (Lipinski definition) is 3. The summed E-state index contributed by atoms with van der Waals surface area (Å²) >= 11 is 6.22. The molecule has 0 aliphatic rings. The summed E-state index contributed by atoms with van der Waals surface area (Å²) in [4.78, 5) is 23.5. The molecule has 176 valence electrons. The summed E-state index contributed by atoms with van der Waals surface area (Å²) in [5.74, 6) is -1.22. The molecule has 1 unspecified atom stereocenters. The molecule has 0 fully saturated rings. The zero-order chi connectivity index (χ0) is 23.8. The molecule has 1 heterocycles. The Balaban J connectivity index is 1.88. The number of halogens is 1. The molecule has 1 atom stereocenters. The number of fused-ring (bicyclic) bond motifs is 1. The number of aryl methyl sites for hydroxylation is 1. The van der Waals surface area contributed by atoms with E-state index in [-0.39, 0.29) is 24.9 Å². The van der Waals surface area contributed by atoms with Gasteiger partial charge in [0.15, 0.2) is 0 Å². The summed E-state index contributed by atoms with van der Waals surface area (Å²) in [6.07, 6.45) is 5.40. The molecule has 0 saturated carbocycles. The van der Waals surface area contributed by atoms with Crippen LogP contribution in [0.3, 0.4) is 0 Å². The first-order valence-corrected chi connectivity index (χ1v) is 11.9. The van der Waals surface area contributed by atoms with Gasteiger partial charge in [0.25, 0.3) is 5.91 Å². The van der Waals surface area contributed by atoms with Crippen molar-refractivity contribution >= 4 is 40.1 Å². The summed E-state index contributed by atoms with van der Waals surface area (Å²) in [7, 11) is 2.05. The fourth-order valence-corrected chi connectivity index (χ4v) is 4.30. The second-order valence-corrected chi connectivity index (χ2v) is 8.76. The van der Waals surface area contributed by atoms with Gasteiger partial charge in [-0.05, 0) is 42.8 Å². The third kappa shape index (κ3) is 6.51. The van der Waals surface area contributed by atoms with Crippen molar-refractivity contribution in [2.45, 2.75) is 51.5 Å². The van der Waals surface area contributed by atoms with Crippen LogP contribution in [-0.2, 0) is 11.8 Å². The third-order valence-corrected chi connectivity index (χ3v) is 6.11. The first-order valence-electron chi connectivity index (χ1n) is 11.5. The van der Waals surface area contributed by atoms with Gasteiger partial charge in [0.2, 0.25) is 0 Å². The van der Waals surface area contributed by atoms with Gasteiger partial charge >= 0.3 is 5.97 Å². The van der Waals surface area contributed by atoms with Crippen molar-refractivity contribution in [2.24, 2.45) is 7.05 Å². The maximum absolute atomic E-state index is 12.7. The van der Waals surface area contributed by atoms with Crippen molar-refractivity contribution in [1.82, 2.24) is 9.88 Å². The van der Waals surface area contributed by atoms with Gasteiger partial charge in [-0.15, -0.1) is 0 Å². The van der Waals surface area contributed by atoms with E-state index in [1.807, 2.05) is 36.4 Å². The molecule has 3 aromatic rings. The number of hydrogen-bond acceptors (Lipinski definition) is 3. The molecule has 1 aromatic heterocycles. The Bertz CT molecular complexity index is 1110. The highest BCUT2D eigenvalue weighted by atomic mass is 35.5. The van der Waals surface area contributed by atoms with Crippen LogP contribution >= 0.6 is 11.6 Å². The predicted molar refractivity (Wildman–Crippen MR) is 134 cm³/mol. The lowest BCUT2D eigenvalue weighted by Crippen LogP contribution is -2.27. The fraction of sp³-hybridized carbons (Fsp3) is 0.385. The monoisotopic (exact) mass is 469 g/mol. The number of aromatic nitrogens is 1. The Hall–Kier alpha value is -2.99. The van der Waals surface area contributed by atoms with Crippen LogP contribution in [0.5, 0.6) is 0 Å². The van der Waals surface area contributed by atoms with E-state index in [9.17, 15) is 9.59 Å². The average molecular weight is 470 g/mol. The molecule has 0 spiro atoms. The summed E-state index contributed by atoms with van der Waals surface area (Å²) in [5.41, 5.74) is 3.47. The standard InChI is InChI=1S/C26H32ClN3O3/c1-3-4-5-6-11-22(24-17-18-16-19(27)12-13-23(18)30(24)2)29-21-10-8-7-9-20(21)26(33)28-15-14-25(31)32/h7-10,12-13,16-17,22,29H,3-6,11,14-15H2,1-2H3,(H,28,33)(H,31,32). The lowest BCUT2D eigenvalue weighted by molar-refractivity contribution is -0.136. The quantitative estimate of drug-likeness (QED) is 0.277. The van der Waals surface area contributed by atoms with Crippen molar-refractivity contribution < 1.29 is 14.7 Å². The highest BCUT2D eigenvalue weighted by Gasteiger charge is 2.20. The van der Waals surface area contributed by atoms with Gasteiger partial charge < -0.3 is 20.3 Å². The largest absolute Gasteiger partial charge is 0.481 e. The highest BCUT2D eigenvalue weighted by Crippen LogP contribution is 2.32. The Morgan fingerprint density at radius 3 is 2.64 bits per heavy atom. The molecular weight excluding hydrogens is 438 g/mol. The van der Waals surface area contributed by atoms with Gasteiger partial charge in [0, 0.05) is 40.9 Å². The van der Waals surface area contributed by atoms with E-state index in [0.717, 1.165) is 41.5 Å². The molecule has 0 bridgehead atoms. The van der Waals surface area contributed by atoms with E-state index in [4.69, 9.17) is 16.7 Å². The second kappa shape index (κ2) is 11.8. The van der Waals surface area contributed by atoms with Crippen LogP contribution in [0.2, 0.25) is 5.02 Å². The summed E-state index contributed by atoms with van der Waals surface area (Å²) in [6.45, 7) is 2.29. The van der Waals surface area contributed by atoms with Gasteiger partial charge in [-0.25, -0.2) is 0 Å². The first-order chi connectivity index (χ1) is 15.9. The number of unbranched alkanes of at least 4 members (excludes halogenated alkanes) is 3. The van der Waals surface area contributed by atoms with Crippen molar-refractivity contribution in [3.8, 4) is 0 Å². The van der Waals surface area contributed by atoms with Crippen LogP contribution < -0.4 is 10.6 Å². The highest BCUT2D eigenvalue weighted by molar-refractivity contribution is 6.31. The molecule has 2 aromatic carbocycles. The average Bonchev–Trinajstić information content (AvgIpc) is 3.11. The number of aliphatic carboxylic acids is 1. The number of carboxylic acids is 1. The number of nitrogens with zero attached hydrogens (tertiary/aromatic N) is 1. The number of nitrogens with one attached hydrogen (secondary N) is 2. The lowest BCUT2D eigenvalue weighted by atomic mass is 10.0. The molecule has 0 radical (unpaired) electrons. The van der Waals surface area contributed by atoms with E-state index >= 15 is 0 Å². The summed E-state index contributed by atoms with van der Waals surface area (Å²) in [6, 6.07) is 15.4. The Morgan fingerprint density at radius 1 is 1.09 bits per heavy atom. The van der Waals surface area contributed by atoms with Crippen molar-refractivity contribution in [2.75, 3.05) is 11.9 Å². The molecule has 0 aliphatic heterocycles. The molecule has 1 amide bonds. The van der Waals surface area contributed by atoms with Gasteiger partial charge in [0.1, 0.15) is 0 Å². The Morgan fingerprint density at radius 2 is 1.88 bits per heavy atom. The van der Waals surface area contributed by atoms with E-state index in [1.54, 1.807) is 6.07 Å². The lowest BCUT2D eigenvalue weighted by Gasteiger charge is -2.23. The molecule has 0 saturated heterocycles. The van der Waals surface area contributed by atoms with Crippen molar-refractivity contribution in [1.29, 1.82) is 0 Å². The fourth-order valence-electron chi connectivity index (χ4n) is 4.12. The topological polar surface area (TPSA) is 83.4 Å². The van der Waals surface area contributed by atoms with Crippen LogP contribution in [0.1, 0.15) is 67.5 Å². The number of carbonyl (C=O) groups is 2. The molecule has 6 nitrogen and oxygen atoms in total. The minimum Gasteiger partial charge on any atom is -0.481 e. The van der Waals surface area contributed by atoms with Gasteiger partial charge in [0.05, 0.1) is 18.0 Å². The maximum Gasteiger partial charge on any atom is 0.305 e. The van der Waals surface area contributed by atoms with Crippen LogP contribution in [0, 0.1) is 0 Å². The molecule has 3 N–H and O–H groups in total. The number of amides is 1. The summed E-state index contributed by atoms with van der Waals surface area (Å²) in [5, 5.41) is 16.9. The van der Waals surface area contributed by atoms with Crippen LogP contribution in [-0.4, -0.2) is 28.1 Å². The number of para-hydroxylation sites is 1. The minimum absolute atomic E-state index is 0.00556. The maximum atomic E-state index is 12.7. The van der Waals surface area contributed by atoms with E-state index in [2.05, 4.69) is 35.2 Å². The zero-order valence-electron chi connectivity index (χ0n) is 19.2. The smallest absolute Gasteiger partial charge is 0.305 e. The number of anilines is 1. The van der Waals surface area contributed by atoms with E-state index < -0.39 is 5.97 Å². The Labute approximate surface area is 199 Å². The Kier molecular flexibility index (Phi) is 8.78. The number of carboxylic acid groups (broad SMARTS) is 1. The van der Waals surface area contributed by atoms with Crippen LogP contribution in [0.4, 0.5) is 5.69 Å². The SMILES string of the molecule is CCCCCCC(Nc1ccccc1C(=O)NCCC(=O)O)c1cc2cc(Cl)ccc2n1C. The van der Waals surface area contributed by atoms with Crippen LogP contribution in [0.15, 0.2) is 48.5 Å². The third-order valence-electron chi connectivity index (χ3n) is 5.87.